The fraction of sp³-hybridized carbons (Fsp3) is 0.346. The average molecular weight is 517 g/mol. The normalized spacial score (nSPS) is 14.5. The molecule has 0 bridgehead atoms. The van der Waals surface area contributed by atoms with Crippen LogP contribution in [-0.4, -0.2) is 41.4 Å². The highest BCUT2D eigenvalue weighted by atomic mass is 19.4. The molecular weight excluding hydrogens is 489 g/mol. The highest BCUT2D eigenvalue weighted by Gasteiger charge is 2.40. The summed E-state index contributed by atoms with van der Waals surface area (Å²) < 4.78 is 57.2. The van der Waals surface area contributed by atoms with Crippen molar-refractivity contribution in [1.82, 2.24) is 9.97 Å². The number of rotatable bonds is 7. The van der Waals surface area contributed by atoms with Gasteiger partial charge < -0.3 is 19.5 Å². The Kier molecular flexibility index (Phi) is 7.26. The van der Waals surface area contributed by atoms with Crippen LogP contribution in [0.2, 0.25) is 0 Å². The van der Waals surface area contributed by atoms with Crippen LogP contribution in [-0.2, 0) is 10.9 Å². The quantitative estimate of drug-likeness (QED) is 0.401. The summed E-state index contributed by atoms with van der Waals surface area (Å²) >= 11 is 0. The molecule has 37 heavy (non-hydrogen) atoms. The van der Waals surface area contributed by atoms with Crippen molar-refractivity contribution in [2.24, 2.45) is 0 Å². The van der Waals surface area contributed by atoms with Crippen molar-refractivity contribution < 1.29 is 32.2 Å². The van der Waals surface area contributed by atoms with Crippen LogP contribution in [0, 0.1) is 13.8 Å². The third kappa shape index (κ3) is 6.11. The Bertz CT molecular complexity index is 1310. The van der Waals surface area contributed by atoms with E-state index in [0.29, 0.717) is 12.4 Å². The van der Waals surface area contributed by atoms with E-state index in [1.54, 1.807) is 25.4 Å². The summed E-state index contributed by atoms with van der Waals surface area (Å²) in [5.41, 5.74) is 1.33. The lowest BCUT2D eigenvalue weighted by molar-refractivity contribution is -0.160. The SMILES string of the molecule is CCOc1cc(-c2cnc(NC(=O)Nc3ccc(OC4(C)COC4)c(C(F)(F)F)c3)cc2C)cnc1C. The van der Waals surface area contributed by atoms with E-state index in [9.17, 15) is 18.0 Å². The van der Waals surface area contributed by atoms with Crippen molar-refractivity contribution in [3.8, 4) is 22.6 Å². The van der Waals surface area contributed by atoms with E-state index >= 15 is 0 Å². The predicted molar refractivity (Wildman–Crippen MR) is 132 cm³/mol. The number of anilines is 2. The van der Waals surface area contributed by atoms with Gasteiger partial charge in [-0.25, -0.2) is 9.78 Å². The third-order valence-corrected chi connectivity index (χ3v) is 5.72. The van der Waals surface area contributed by atoms with Gasteiger partial charge in [-0.2, -0.15) is 13.2 Å². The number of aromatic nitrogens is 2. The van der Waals surface area contributed by atoms with Crippen LogP contribution in [0.4, 0.5) is 29.5 Å². The lowest BCUT2D eigenvalue weighted by atomic mass is 10.0. The Labute approximate surface area is 212 Å². The molecule has 2 amide bonds. The Morgan fingerprint density at radius 3 is 2.46 bits per heavy atom. The summed E-state index contributed by atoms with van der Waals surface area (Å²) in [5, 5.41) is 4.97. The molecule has 1 aliphatic heterocycles. The molecule has 2 aromatic heterocycles. The van der Waals surface area contributed by atoms with Gasteiger partial charge in [-0.05, 0) is 63.6 Å². The zero-order valence-corrected chi connectivity index (χ0v) is 20.8. The number of urea groups is 1. The van der Waals surface area contributed by atoms with Gasteiger partial charge in [-0.3, -0.25) is 10.3 Å². The second-order valence-corrected chi connectivity index (χ2v) is 8.96. The van der Waals surface area contributed by atoms with Crippen LogP contribution in [0.15, 0.2) is 42.7 Å². The molecule has 3 heterocycles. The van der Waals surface area contributed by atoms with E-state index in [-0.39, 0.29) is 30.5 Å². The minimum Gasteiger partial charge on any atom is -0.492 e. The zero-order valence-electron chi connectivity index (χ0n) is 20.8. The van der Waals surface area contributed by atoms with E-state index in [1.807, 2.05) is 26.8 Å². The smallest absolute Gasteiger partial charge is 0.420 e. The predicted octanol–water partition coefficient (Wildman–Crippen LogP) is 5.99. The number of pyridine rings is 2. The number of hydrogen-bond donors (Lipinski definition) is 2. The lowest BCUT2D eigenvalue weighted by Crippen LogP contribution is -2.51. The maximum Gasteiger partial charge on any atom is 0.420 e. The largest absolute Gasteiger partial charge is 0.492 e. The van der Waals surface area contributed by atoms with Crippen molar-refractivity contribution >= 4 is 17.5 Å². The molecule has 1 fully saturated rings. The summed E-state index contributed by atoms with van der Waals surface area (Å²) in [7, 11) is 0. The van der Waals surface area contributed by atoms with E-state index in [0.717, 1.165) is 28.5 Å². The molecule has 11 heteroatoms. The van der Waals surface area contributed by atoms with Crippen molar-refractivity contribution in [3.63, 3.8) is 0 Å². The molecule has 1 aromatic carbocycles. The van der Waals surface area contributed by atoms with Gasteiger partial charge >= 0.3 is 12.2 Å². The molecule has 1 aliphatic rings. The van der Waals surface area contributed by atoms with Crippen LogP contribution < -0.4 is 20.1 Å². The van der Waals surface area contributed by atoms with Gasteiger partial charge in [0.15, 0.2) is 5.60 Å². The van der Waals surface area contributed by atoms with Crippen LogP contribution >= 0.6 is 0 Å². The molecule has 3 aromatic rings. The monoisotopic (exact) mass is 516 g/mol. The first-order valence-electron chi connectivity index (χ1n) is 11.6. The maximum absolute atomic E-state index is 13.7. The second-order valence-electron chi connectivity index (χ2n) is 8.96. The molecule has 0 spiro atoms. The van der Waals surface area contributed by atoms with E-state index in [1.165, 1.54) is 12.1 Å². The van der Waals surface area contributed by atoms with Crippen LogP contribution in [0.1, 0.15) is 30.7 Å². The molecule has 0 unspecified atom stereocenters. The van der Waals surface area contributed by atoms with Gasteiger partial charge in [0.1, 0.15) is 17.3 Å². The highest BCUT2D eigenvalue weighted by Crippen LogP contribution is 2.40. The number of halogens is 3. The first-order valence-corrected chi connectivity index (χ1v) is 11.6. The molecule has 8 nitrogen and oxygen atoms in total. The number of nitrogens with one attached hydrogen (secondary N) is 2. The minimum absolute atomic E-state index is 0.0466. The zero-order chi connectivity index (χ0) is 26.8. The van der Waals surface area contributed by atoms with Crippen molar-refractivity contribution in [3.05, 3.63) is 59.5 Å². The van der Waals surface area contributed by atoms with E-state index in [2.05, 4.69) is 20.6 Å². The van der Waals surface area contributed by atoms with E-state index in [4.69, 9.17) is 14.2 Å². The Morgan fingerprint density at radius 2 is 1.84 bits per heavy atom. The number of ether oxygens (including phenoxy) is 3. The maximum atomic E-state index is 13.7. The highest BCUT2D eigenvalue weighted by molar-refractivity contribution is 5.99. The number of benzene rings is 1. The molecule has 0 aliphatic carbocycles. The number of nitrogens with zero attached hydrogens (tertiary/aromatic N) is 2. The summed E-state index contributed by atoms with van der Waals surface area (Å²) in [6.07, 6.45) is -1.37. The fourth-order valence-electron chi connectivity index (χ4n) is 3.80. The van der Waals surface area contributed by atoms with Crippen molar-refractivity contribution in [1.29, 1.82) is 0 Å². The van der Waals surface area contributed by atoms with Gasteiger partial charge in [-0.15, -0.1) is 0 Å². The number of carbonyl (C=O) groups is 1. The van der Waals surface area contributed by atoms with Gasteiger partial charge in [-0.1, -0.05) is 0 Å². The second kappa shape index (κ2) is 10.3. The molecule has 0 radical (unpaired) electrons. The summed E-state index contributed by atoms with van der Waals surface area (Å²) in [4.78, 5) is 21.1. The molecule has 2 N–H and O–H groups in total. The summed E-state index contributed by atoms with van der Waals surface area (Å²) in [6, 6.07) is 6.16. The van der Waals surface area contributed by atoms with Crippen LogP contribution in [0.5, 0.6) is 11.5 Å². The van der Waals surface area contributed by atoms with Gasteiger partial charge in [0.05, 0.1) is 31.1 Å². The number of carbonyl (C=O) groups excluding carboxylic acids is 1. The summed E-state index contributed by atoms with van der Waals surface area (Å²) in [5.74, 6) is 0.582. The topological polar surface area (TPSA) is 94.6 Å². The Hall–Kier alpha value is -3.86. The number of aryl methyl sites for hydroxylation is 2. The number of amides is 2. The molecule has 0 atom stereocenters. The van der Waals surface area contributed by atoms with E-state index < -0.39 is 23.4 Å². The van der Waals surface area contributed by atoms with Crippen molar-refractivity contribution in [2.45, 2.75) is 39.5 Å². The summed E-state index contributed by atoms with van der Waals surface area (Å²) in [6.45, 7) is 8.18. The molecular formula is C26H27F3N4O4. The Morgan fingerprint density at radius 1 is 1.08 bits per heavy atom. The average Bonchev–Trinajstić information content (AvgIpc) is 2.80. The molecule has 1 saturated heterocycles. The minimum atomic E-state index is -4.67. The van der Waals surface area contributed by atoms with Gasteiger partial charge in [0.2, 0.25) is 0 Å². The van der Waals surface area contributed by atoms with Crippen molar-refractivity contribution in [2.75, 3.05) is 30.5 Å². The molecule has 4 rings (SSSR count). The van der Waals surface area contributed by atoms with Crippen LogP contribution in [0.25, 0.3) is 11.1 Å². The first kappa shape index (κ1) is 26.2. The van der Waals surface area contributed by atoms with Gasteiger partial charge in [0, 0.05) is 29.2 Å². The first-order chi connectivity index (χ1) is 17.5. The number of hydrogen-bond acceptors (Lipinski definition) is 6. The lowest BCUT2D eigenvalue weighted by Gasteiger charge is -2.38. The Balaban J connectivity index is 1.47. The van der Waals surface area contributed by atoms with Gasteiger partial charge in [0.25, 0.3) is 0 Å². The number of alkyl halides is 3. The fourth-order valence-corrected chi connectivity index (χ4v) is 3.80. The molecule has 0 saturated carbocycles. The molecule has 196 valence electrons. The standard InChI is InChI=1S/C26H27F3N4O4/c1-5-36-22-9-17(11-30-16(22)3)19-12-31-23(8-15(19)2)33-24(34)32-18-6-7-21(20(10-18)26(27,28)29)37-25(4)13-35-14-25/h6-12H,5,13-14H2,1-4H3,(H2,31,32,33,34). The third-order valence-electron chi connectivity index (χ3n) is 5.72. The van der Waals surface area contributed by atoms with Crippen LogP contribution in [0.3, 0.4) is 0 Å².